The minimum absolute atomic E-state index is 0.166. The average Bonchev–Trinajstić information content (AvgIpc) is 1.97. The number of methoxy groups -OCH3 is 1. The maximum absolute atomic E-state index is 10.6. The Morgan fingerprint density at radius 1 is 1.89 bits per heavy atom. The molecule has 0 aromatic carbocycles. The van der Waals surface area contributed by atoms with Gasteiger partial charge in [0.25, 0.3) is 0 Å². The summed E-state index contributed by atoms with van der Waals surface area (Å²) in [6.45, 7) is -0.846. The van der Waals surface area contributed by atoms with E-state index in [0.717, 1.165) is 0 Å². The summed E-state index contributed by atoms with van der Waals surface area (Å²) >= 11 is 0. The number of Topliss-reactive ketones (excluding diaryl/α,β-unsaturated/α-hetero) is 1. The zero-order valence-electron chi connectivity index (χ0n) is 7.42. The maximum Gasteiger partial charge on any atom is 0.155 e. The number of hydrogen-bond acceptors (Lipinski definition) is 3. The summed E-state index contributed by atoms with van der Waals surface area (Å²) in [5.74, 6) is -0.527. The molecule has 0 saturated carbocycles. The van der Waals surface area contributed by atoms with Crippen LogP contribution in [0.3, 0.4) is 0 Å². The normalized spacial score (nSPS) is 16.1. The lowest BCUT2D eigenvalue weighted by atomic mass is 10.5. The van der Waals surface area contributed by atoms with Crippen LogP contribution in [0.25, 0.3) is 0 Å². The summed E-state index contributed by atoms with van der Waals surface area (Å²) in [7, 11) is 1.53. The van der Waals surface area contributed by atoms with Gasteiger partial charge >= 0.3 is 0 Å². The van der Waals surface area contributed by atoms with Crippen molar-refractivity contribution >= 4 is 5.78 Å². The van der Waals surface area contributed by atoms with Gasteiger partial charge in [0.1, 0.15) is 6.61 Å². The van der Waals surface area contributed by atoms with Crippen LogP contribution in [0, 0.1) is 0 Å². The topological polar surface area (TPSA) is 35.5 Å². The smallest absolute Gasteiger partial charge is 0.155 e. The Balaban J connectivity index is 3.18. The molecule has 0 aromatic rings. The van der Waals surface area contributed by atoms with Crippen molar-refractivity contribution in [2.45, 2.75) is 6.88 Å². The van der Waals surface area contributed by atoms with Gasteiger partial charge in [-0.3, -0.25) is 4.79 Å². The largest absolute Gasteiger partial charge is 0.382 e. The number of ether oxygens (including phenoxy) is 2. The molecular weight excluding hydrogens is 120 g/mol. The lowest BCUT2D eigenvalue weighted by molar-refractivity contribution is -0.121. The van der Waals surface area contributed by atoms with Gasteiger partial charge < -0.3 is 9.47 Å². The van der Waals surface area contributed by atoms with Gasteiger partial charge in [0.2, 0.25) is 0 Å². The van der Waals surface area contributed by atoms with E-state index in [2.05, 4.69) is 4.74 Å². The quantitative estimate of drug-likeness (QED) is 0.506. The Labute approximate surface area is 57.8 Å². The molecule has 54 valence electrons. The zero-order valence-corrected chi connectivity index (χ0v) is 5.42. The van der Waals surface area contributed by atoms with Gasteiger partial charge in [-0.05, 0) is 6.88 Å². The predicted molar refractivity (Wildman–Crippen MR) is 33.4 cm³/mol. The minimum atomic E-state index is -1.43. The van der Waals surface area contributed by atoms with Crippen LogP contribution in [-0.4, -0.2) is 32.7 Å². The molecule has 0 fully saturated rings. The first-order valence-corrected chi connectivity index (χ1v) is 2.62. The second-order valence-corrected chi connectivity index (χ2v) is 1.51. The number of hydrogen-bond donors (Lipinski definition) is 0. The molecule has 1 unspecified atom stereocenters. The van der Waals surface area contributed by atoms with E-state index in [9.17, 15) is 4.79 Å². The van der Waals surface area contributed by atoms with E-state index in [1.54, 1.807) is 0 Å². The van der Waals surface area contributed by atoms with Crippen molar-refractivity contribution in [1.82, 2.24) is 0 Å². The van der Waals surface area contributed by atoms with E-state index in [4.69, 9.17) is 7.48 Å². The van der Waals surface area contributed by atoms with Gasteiger partial charge in [0, 0.05) is 9.85 Å². The van der Waals surface area contributed by atoms with Crippen molar-refractivity contribution in [2.24, 2.45) is 0 Å². The van der Waals surface area contributed by atoms with Crippen molar-refractivity contribution in [3.63, 3.8) is 0 Å². The van der Waals surface area contributed by atoms with E-state index >= 15 is 0 Å². The van der Waals surface area contributed by atoms with Crippen LogP contribution in [0.15, 0.2) is 0 Å². The molecule has 1 atom stereocenters. The molecule has 0 amide bonds. The van der Waals surface area contributed by atoms with Crippen LogP contribution in [-0.2, 0) is 14.3 Å². The van der Waals surface area contributed by atoms with Crippen LogP contribution in [0.1, 0.15) is 9.62 Å². The highest BCUT2D eigenvalue weighted by Crippen LogP contribution is 1.76. The van der Waals surface area contributed by atoms with E-state index in [1.807, 2.05) is 0 Å². The third-order valence-corrected chi connectivity index (χ3v) is 0.676. The number of carbonyl (C=O) groups is 1. The Bertz CT molecular complexity index is 116. The molecule has 0 aliphatic heterocycles. The molecule has 0 spiro atoms. The highest BCUT2D eigenvalue weighted by molar-refractivity contribution is 5.76. The molecule has 3 heteroatoms. The highest BCUT2D eigenvalue weighted by Gasteiger charge is 1.90. The summed E-state index contributed by atoms with van der Waals surface area (Å²) in [6, 6.07) is 0. The summed E-state index contributed by atoms with van der Waals surface area (Å²) in [6.07, 6.45) is 0. The summed E-state index contributed by atoms with van der Waals surface area (Å²) in [4.78, 5) is 10.6. The molecule has 0 aliphatic rings. The summed E-state index contributed by atoms with van der Waals surface area (Å²) in [5, 5.41) is 0. The van der Waals surface area contributed by atoms with Gasteiger partial charge in [0.15, 0.2) is 5.78 Å². The van der Waals surface area contributed by atoms with Crippen LogP contribution < -0.4 is 0 Å². The first kappa shape index (κ1) is 5.38. The number of carbonyl (C=O) groups excluding carboxylic acids is 1. The monoisotopic (exact) mass is 135 g/mol. The Morgan fingerprint density at radius 2 is 2.67 bits per heavy atom. The zero-order chi connectivity index (χ0) is 8.69. The van der Waals surface area contributed by atoms with E-state index in [-0.39, 0.29) is 6.61 Å². The second-order valence-electron chi connectivity index (χ2n) is 1.51. The van der Waals surface area contributed by atoms with Crippen molar-refractivity contribution in [3.05, 3.63) is 0 Å². The second kappa shape index (κ2) is 5.72. The van der Waals surface area contributed by atoms with Crippen molar-refractivity contribution in [1.29, 1.82) is 0 Å². The third kappa shape index (κ3) is 7.59. The molecular formula is C6H12O3. The molecule has 0 aliphatic carbocycles. The van der Waals surface area contributed by atoms with E-state index in [0.29, 0.717) is 13.2 Å². The lowest BCUT2D eigenvalue weighted by Crippen LogP contribution is -2.08. The van der Waals surface area contributed by atoms with Gasteiger partial charge in [-0.25, -0.2) is 0 Å². The van der Waals surface area contributed by atoms with Crippen molar-refractivity contribution in [3.8, 4) is 0 Å². The van der Waals surface area contributed by atoms with E-state index < -0.39 is 12.7 Å². The molecule has 0 bridgehead atoms. The molecule has 0 saturated heterocycles. The van der Waals surface area contributed by atoms with Crippen molar-refractivity contribution < 1.29 is 17.0 Å². The van der Waals surface area contributed by atoms with Crippen LogP contribution in [0.2, 0.25) is 0 Å². The van der Waals surface area contributed by atoms with Gasteiger partial charge in [-0.2, -0.15) is 0 Å². The highest BCUT2D eigenvalue weighted by atomic mass is 16.5. The molecule has 3 nitrogen and oxygen atoms in total. The van der Waals surface area contributed by atoms with Gasteiger partial charge in [0.05, 0.1) is 13.2 Å². The Hall–Kier alpha value is -0.410. The summed E-state index contributed by atoms with van der Waals surface area (Å²) in [5.41, 5.74) is 0. The standard InChI is InChI=1S/C6H12O3/c1-6(7)5-9-4-3-8-2/h3-5H2,1-2H3/i1TD. The number of ketones is 1. The van der Waals surface area contributed by atoms with Crippen LogP contribution in [0.4, 0.5) is 0 Å². The average molecular weight is 135 g/mol. The van der Waals surface area contributed by atoms with Crippen LogP contribution >= 0.6 is 0 Å². The lowest BCUT2D eigenvalue weighted by Gasteiger charge is -1.98. The molecule has 0 heterocycles. The molecule has 0 rings (SSSR count). The molecule has 0 radical (unpaired) electrons. The fraction of sp³-hybridized carbons (Fsp3) is 0.833. The minimum Gasteiger partial charge on any atom is -0.382 e. The third-order valence-electron chi connectivity index (χ3n) is 0.676. The van der Waals surface area contributed by atoms with Gasteiger partial charge in [-0.1, -0.05) is 0 Å². The fourth-order valence-electron chi connectivity index (χ4n) is 0.315. The van der Waals surface area contributed by atoms with E-state index in [1.165, 1.54) is 7.11 Å². The number of rotatable bonds is 5. The SMILES string of the molecule is [2H]C([3H])C(=O)COCCOC. The van der Waals surface area contributed by atoms with Crippen LogP contribution in [0.5, 0.6) is 0 Å². The predicted octanol–water partition coefficient (Wildman–Crippen LogP) is 0.238. The Morgan fingerprint density at radius 3 is 3.22 bits per heavy atom. The summed E-state index contributed by atoms with van der Waals surface area (Å²) < 4.78 is 22.8. The Kier molecular flexibility index (Phi) is 3.42. The first-order chi connectivity index (χ1) is 5.18. The first-order valence-electron chi connectivity index (χ1n) is 3.78. The van der Waals surface area contributed by atoms with Gasteiger partial charge in [-0.15, -0.1) is 0 Å². The molecule has 9 heavy (non-hydrogen) atoms. The fourth-order valence-corrected chi connectivity index (χ4v) is 0.315. The maximum atomic E-state index is 10.6. The molecule has 0 N–H and O–H groups in total. The molecule has 0 aromatic heterocycles. The van der Waals surface area contributed by atoms with Crippen molar-refractivity contribution in [2.75, 3.05) is 26.9 Å².